The van der Waals surface area contributed by atoms with Gasteiger partial charge in [0.05, 0.1) is 11.5 Å². The predicted molar refractivity (Wildman–Crippen MR) is 64.8 cm³/mol. The van der Waals surface area contributed by atoms with E-state index in [0.29, 0.717) is 13.1 Å². The first-order chi connectivity index (χ1) is 9.00. The number of nitrogens with one attached hydrogen (secondary N) is 1. The molecular formula is C10H9ClN4O4. The zero-order valence-corrected chi connectivity index (χ0v) is 10.4. The SMILES string of the molecule is O=C1CN(C(=O)c2ccnc(Cl)c2[N+](=O)[O-])CCN1. The molecule has 2 heterocycles. The molecule has 8 nitrogen and oxygen atoms in total. The van der Waals surface area contributed by atoms with E-state index in [0.717, 1.165) is 0 Å². The first-order valence-corrected chi connectivity index (χ1v) is 5.73. The van der Waals surface area contributed by atoms with Crippen LogP contribution < -0.4 is 5.32 Å². The Morgan fingerprint density at radius 2 is 2.32 bits per heavy atom. The third-order valence-electron chi connectivity index (χ3n) is 2.62. The van der Waals surface area contributed by atoms with Crippen LogP contribution in [0.25, 0.3) is 0 Å². The maximum absolute atomic E-state index is 12.2. The summed E-state index contributed by atoms with van der Waals surface area (Å²) >= 11 is 5.63. The quantitative estimate of drug-likeness (QED) is 0.475. The summed E-state index contributed by atoms with van der Waals surface area (Å²) in [6.07, 6.45) is 1.21. The zero-order chi connectivity index (χ0) is 14.0. The molecule has 0 bridgehead atoms. The molecular weight excluding hydrogens is 276 g/mol. The van der Waals surface area contributed by atoms with E-state index in [4.69, 9.17) is 11.6 Å². The molecule has 0 aromatic carbocycles. The van der Waals surface area contributed by atoms with Gasteiger partial charge >= 0.3 is 5.69 Å². The number of halogens is 1. The van der Waals surface area contributed by atoms with Crippen molar-refractivity contribution in [2.24, 2.45) is 0 Å². The van der Waals surface area contributed by atoms with E-state index < -0.39 is 16.5 Å². The van der Waals surface area contributed by atoms with Crippen LogP contribution in [0.2, 0.25) is 5.15 Å². The van der Waals surface area contributed by atoms with Crippen LogP contribution in [0.15, 0.2) is 12.3 Å². The standard InChI is InChI=1S/C10H9ClN4O4/c11-9-8(15(18)19)6(1-2-13-9)10(17)14-4-3-12-7(16)5-14/h1-2H,3-5H2,(H,12,16). The normalized spacial score (nSPS) is 15.0. The second kappa shape index (κ2) is 5.19. The fourth-order valence-electron chi connectivity index (χ4n) is 1.76. The maximum atomic E-state index is 12.2. The van der Waals surface area contributed by atoms with Gasteiger partial charge in [0.2, 0.25) is 11.1 Å². The third-order valence-corrected chi connectivity index (χ3v) is 2.89. The van der Waals surface area contributed by atoms with Gasteiger partial charge in [-0.1, -0.05) is 11.6 Å². The number of carbonyl (C=O) groups is 2. The minimum Gasteiger partial charge on any atom is -0.353 e. The lowest BCUT2D eigenvalue weighted by atomic mass is 10.2. The van der Waals surface area contributed by atoms with Gasteiger partial charge in [-0.2, -0.15) is 0 Å². The highest BCUT2D eigenvalue weighted by molar-refractivity contribution is 6.32. The Bertz CT molecular complexity index is 562. The second-order valence-electron chi connectivity index (χ2n) is 3.83. The molecule has 1 saturated heterocycles. The molecule has 0 unspecified atom stereocenters. The van der Waals surface area contributed by atoms with Crippen molar-refractivity contribution in [3.63, 3.8) is 0 Å². The van der Waals surface area contributed by atoms with Gasteiger partial charge in [0, 0.05) is 19.3 Å². The lowest BCUT2D eigenvalue weighted by Gasteiger charge is -2.26. The molecule has 1 aliphatic rings. The van der Waals surface area contributed by atoms with E-state index >= 15 is 0 Å². The molecule has 1 fully saturated rings. The van der Waals surface area contributed by atoms with E-state index in [1.807, 2.05) is 0 Å². The number of carbonyl (C=O) groups excluding carboxylic acids is 2. The van der Waals surface area contributed by atoms with Crippen molar-refractivity contribution in [1.82, 2.24) is 15.2 Å². The molecule has 100 valence electrons. The van der Waals surface area contributed by atoms with E-state index in [1.54, 1.807) is 0 Å². The summed E-state index contributed by atoms with van der Waals surface area (Å²) in [5.74, 6) is -0.909. The van der Waals surface area contributed by atoms with Crippen LogP contribution in [-0.4, -0.2) is 46.3 Å². The van der Waals surface area contributed by atoms with Gasteiger partial charge in [-0.25, -0.2) is 4.98 Å². The summed E-state index contributed by atoms with van der Waals surface area (Å²) in [6, 6.07) is 1.22. The third kappa shape index (κ3) is 2.63. The topological polar surface area (TPSA) is 105 Å². The van der Waals surface area contributed by atoms with Crippen molar-refractivity contribution in [1.29, 1.82) is 0 Å². The van der Waals surface area contributed by atoms with Crippen molar-refractivity contribution >= 4 is 29.1 Å². The molecule has 2 rings (SSSR count). The Kier molecular flexibility index (Phi) is 3.61. The van der Waals surface area contributed by atoms with Crippen LogP contribution in [0.5, 0.6) is 0 Å². The molecule has 2 amide bonds. The first kappa shape index (κ1) is 13.2. The zero-order valence-electron chi connectivity index (χ0n) is 9.63. The fraction of sp³-hybridized carbons (Fsp3) is 0.300. The molecule has 9 heteroatoms. The van der Waals surface area contributed by atoms with Crippen molar-refractivity contribution in [3.8, 4) is 0 Å². The molecule has 1 N–H and O–H groups in total. The van der Waals surface area contributed by atoms with Gasteiger partial charge in [-0.15, -0.1) is 0 Å². The number of nitro groups is 1. The van der Waals surface area contributed by atoms with Gasteiger partial charge in [-0.3, -0.25) is 19.7 Å². The van der Waals surface area contributed by atoms with Gasteiger partial charge in [0.1, 0.15) is 5.56 Å². The Hall–Kier alpha value is -2.22. The van der Waals surface area contributed by atoms with Crippen molar-refractivity contribution < 1.29 is 14.5 Å². The van der Waals surface area contributed by atoms with Crippen molar-refractivity contribution in [3.05, 3.63) is 33.1 Å². The molecule has 1 aromatic heterocycles. The van der Waals surface area contributed by atoms with Gasteiger partial charge in [0.15, 0.2) is 0 Å². The smallest absolute Gasteiger partial charge is 0.319 e. The largest absolute Gasteiger partial charge is 0.353 e. The predicted octanol–water partition coefficient (Wildman–Crippen LogP) is 0.215. The molecule has 0 saturated carbocycles. The average molecular weight is 285 g/mol. The molecule has 0 radical (unpaired) electrons. The monoisotopic (exact) mass is 284 g/mol. The van der Waals surface area contributed by atoms with Crippen LogP contribution in [0, 0.1) is 10.1 Å². The highest BCUT2D eigenvalue weighted by atomic mass is 35.5. The molecule has 0 spiro atoms. The lowest BCUT2D eigenvalue weighted by Crippen LogP contribution is -2.50. The number of piperazine rings is 1. The number of rotatable bonds is 2. The van der Waals surface area contributed by atoms with Crippen LogP contribution in [0.4, 0.5) is 5.69 Å². The molecule has 19 heavy (non-hydrogen) atoms. The van der Waals surface area contributed by atoms with Gasteiger partial charge in [-0.05, 0) is 6.07 Å². The maximum Gasteiger partial charge on any atom is 0.319 e. The Labute approximate surface area is 112 Å². The lowest BCUT2D eigenvalue weighted by molar-refractivity contribution is -0.385. The number of aromatic nitrogens is 1. The Morgan fingerprint density at radius 1 is 1.58 bits per heavy atom. The fourth-order valence-corrected chi connectivity index (χ4v) is 1.98. The summed E-state index contributed by atoms with van der Waals surface area (Å²) in [6.45, 7) is 0.481. The minimum atomic E-state index is -0.757. The van der Waals surface area contributed by atoms with E-state index in [9.17, 15) is 19.7 Å². The number of nitrogens with zero attached hydrogens (tertiary/aromatic N) is 3. The van der Waals surface area contributed by atoms with Crippen LogP contribution in [0.3, 0.4) is 0 Å². The van der Waals surface area contributed by atoms with Crippen LogP contribution >= 0.6 is 11.6 Å². The summed E-state index contributed by atoms with van der Waals surface area (Å²) in [4.78, 5) is 38.4. The Balaban J connectivity index is 2.36. The van der Waals surface area contributed by atoms with Crippen molar-refractivity contribution in [2.75, 3.05) is 19.6 Å². The number of amides is 2. The highest BCUT2D eigenvalue weighted by Gasteiger charge is 2.30. The minimum absolute atomic E-state index is 0.129. The number of pyridine rings is 1. The summed E-state index contributed by atoms with van der Waals surface area (Å²) < 4.78 is 0. The Morgan fingerprint density at radius 3 is 2.95 bits per heavy atom. The summed E-state index contributed by atoms with van der Waals surface area (Å²) in [5, 5.41) is 13.1. The molecule has 1 aliphatic heterocycles. The number of hydrogen-bond donors (Lipinski definition) is 1. The summed E-state index contributed by atoms with van der Waals surface area (Å²) in [7, 11) is 0. The van der Waals surface area contributed by atoms with E-state index in [1.165, 1.54) is 17.2 Å². The average Bonchev–Trinajstić information content (AvgIpc) is 2.37. The molecule has 0 aliphatic carbocycles. The van der Waals surface area contributed by atoms with Crippen molar-refractivity contribution in [2.45, 2.75) is 0 Å². The van der Waals surface area contributed by atoms with Gasteiger partial charge < -0.3 is 10.2 Å². The van der Waals surface area contributed by atoms with E-state index in [-0.39, 0.29) is 23.2 Å². The molecule has 0 atom stereocenters. The molecule has 1 aromatic rings. The first-order valence-electron chi connectivity index (χ1n) is 5.35. The second-order valence-corrected chi connectivity index (χ2v) is 4.19. The van der Waals surface area contributed by atoms with Crippen LogP contribution in [0.1, 0.15) is 10.4 Å². The van der Waals surface area contributed by atoms with E-state index in [2.05, 4.69) is 10.3 Å². The summed E-state index contributed by atoms with van der Waals surface area (Å²) in [5.41, 5.74) is -0.708. The highest BCUT2D eigenvalue weighted by Crippen LogP contribution is 2.27. The van der Waals surface area contributed by atoms with Gasteiger partial charge in [0.25, 0.3) is 5.91 Å². The number of hydrogen-bond acceptors (Lipinski definition) is 5. The van der Waals surface area contributed by atoms with Crippen LogP contribution in [-0.2, 0) is 4.79 Å².